The minimum Gasteiger partial charge on any atom is -0.493 e. The van der Waals surface area contributed by atoms with Gasteiger partial charge in [0.2, 0.25) is 0 Å². The second-order valence-corrected chi connectivity index (χ2v) is 5.16. The van der Waals surface area contributed by atoms with Gasteiger partial charge in [0.1, 0.15) is 0 Å². The van der Waals surface area contributed by atoms with E-state index in [1.165, 1.54) is 0 Å². The molecule has 0 aliphatic heterocycles. The molecule has 0 spiro atoms. The third kappa shape index (κ3) is 3.73. The number of aromatic nitrogens is 1. The molecule has 0 radical (unpaired) electrons. The molecule has 0 unspecified atom stereocenters. The lowest BCUT2D eigenvalue weighted by Gasteiger charge is -2.13. The summed E-state index contributed by atoms with van der Waals surface area (Å²) in [6.07, 6.45) is 3.72. The Bertz CT molecular complexity index is 597. The number of ether oxygens (including phenoxy) is 2. The van der Waals surface area contributed by atoms with Crippen LogP contribution in [0.5, 0.6) is 11.5 Å². The summed E-state index contributed by atoms with van der Waals surface area (Å²) in [5.74, 6) is 1.46. The van der Waals surface area contributed by atoms with Crippen LogP contribution in [0.15, 0.2) is 36.7 Å². The van der Waals surface area contributed by atoms with E-state index in [-0.39, 0.29) is 0 Å². The van der Waals surface area contributed by atoms with Gasteiger partial charge in [-0.2, -0.15) is 0 Å². The zero-order chi connectivity index (χ0) is 15.2. The molecule has 0 atom stereocenters. The number of pyridine rings is 1. The molecular formula is C17H22N2O2. The molecule has 112 valence electrons. The first kappa shape index (κ1) is 15.3. The van der Waals surface area contributed by atoms with E-state index in [2.05, 4.69) is 30.2 Å². The van der Waals surface area contributed by atoms with Gasteiger partial charge in [0.05, 0.1) is 14.2 Å². The average Bonchev–Trinajstić information content (AvgIpc) is 2.52. The maximum atomic E-state index is 5.49. The molecule has 0 bridgehead atoms. The normalized spacial score (nSPS) is 10.7. The highest BCUT2D eigenvalue weighted by Gasteiger charge is 2.12. The van der Waals surface area contributed by atoms with Crippen LogP contribution >= 0.6 is 0 Å². The fourth-order valence-corrected chi connectivity index (χ4v) is 2.17. The molecule has 1 aromatic carbocycles. The molecule has 2 rings (SSSR count). The zero-order valence-corrected chi connectivity index (χ0v) is 13.0. The molecule has 1 heterocycles. The summed E-state index contributed by atoms with van der Waals surface area (Å²) in [5, 5.41) is 3.40. The quantitative estimate of drug-likeness (QED) is 0.885. The fourth-order valence-electron chi connectivity index (χ4n) is 2.17. The molecule has 4 nitrogen and oxygen atoms in total. The largest absolute Gasteiger partial charge is 0.493 e. The molecule has 0 saturated carbocycles. The maximum Gasteiger partial charge on any atom is 0.168 e. The Labute approximate surface area is 126 Å². The SMILES string of the molecule is COc1cccc(-c2cncc(CNC(C)C)c2)c1OC. The summed E-state index contributed by atoms with van der Waals surface area (Å²) in [6.45, 7) is 5.05. The number of benzene rings is 1. The number of hydrogen-bond acceptors (Lipinski definition) is 4. The second-order valence-electron chi connectivity index (χ2n) is 5.16. The van der Waals surface area contributed by atoms with E-state index in [1.807, 2.05) is 30.6 Å². The molecule has 0 aliphatic rings. The van der Waals surface area contributed by atoms with Gasteiger partial charge in [-0.25, -0.2) is 0 Å². The Hall–Kier alpha value is -2.07. The van der Waals surface area contributed by atoms with Crippen LogP contribution in [0.4, 0.5) is 0 Å². The highest BCUT2D eigenvalue weighted by molar-refractivity contribution is 5.73. The van der Waals surface area contributed by atoms with Crippen molar-refractivity contribution in [2.24, 2.45) is 0 Å². The lowest BCUT2D eigenvalue weighted by molar-refractivity contribution is 0.356. The van der Waals surface area contributed by atoms with Crippen molar-refractivity contribution >= 4 is 0 Å². The first-order chi connectivity index (χ1) is 10.2. The van der Waals surface area contributed by atoms with Gasteiger partial charge in [-0.1, -0.05) is 26.0 Å². The van der Waals surface area contributed by atoms with E-state index in [9.17, 15) is 0 Å². The van der Waals surface area contributed by atoms with E-state index < -0.39 is 0 Å². The van der Waals surface area contributed by atoms with E-state index in [0.29, 0.717) is 6.04 Å². The van der Waals surface area contributed by atoms with E-state index >= 15 is 0 Å². The average molecular weight is 286 g/mol. The van der Waals surface area contributed by atoms with Gasteiger partial charge >= 0.3 is 0 Å². The summed E-state index contributed by atoms with van der Waals surface area (Å²) in [4.78, 5) is 4.33. The third-order valence-electron chi connectivity index (χ3n) is 3.22. The van der Waals surface area contributed by atoms with Crippen LogP contribution in [0.2, 0.25) is 0 Å². The van der Waals surface area contributed by atoms with Crippen LogP contribution in [-0.4, -0.2) is 25.2 Å². The molecule has 1 aromatic heterocycles. The molecule has 2 aromatic rings. The highest BCUT2D eigenvalue weighted by Crippen LogP contribution is 2.37. The van der Waals surface area contributed by atoms with Crippen molar-refractivity contribution in [1.82, 2.24) is 10.3 Å². The van der Waals surface area contributed by atoms with Crippen molar-refractivity contribution in [3.05, 3.63) is 42.2 Å². The lowest BCUT2D eigenvalue weighted by Crippen LogP contribution is -2.21. The van der Waals surface area contributed by atoms with Crippen molar-refractivity contribution < 1.29 is 9.47 Å². The van der Waals surface area contributed by atoms with E-state index in [1.54, 1.807) is 14.2 Å². The summed E-state index contributed by atoms with van der Waals surface area (Å²) in [6, 6.07) is 8.42. The molecule has 0 amide bonds. The Kier molecular flexibility index (Phi) is 5.17. The number of rotatable bonds is 6. The fraction of sp³-hybridized carbons (Fsp3) is 0.353. The van der Waals surface area contributed by atoms with Gasteiger partial charge in [-0.15, -0.1) is 0 Å². The van der Waals surface area contributed by atoms with Crippen LogP contribution in [-0.2, 0) is 6.54 Å². The zero-order valence-electron chi connectivity index (χ0n) is 13.0. The van der Waals surface area contributed by atoms with Crippen molar-refractivity contribution in [2.75, 3.05) is 14.2 Å². The van der Waals surface area contributed by atoms with Crippen molar-refractivity contribution in [3.63, 3.8) is 0 Å². The lowest BCUT2D eigenvalue weighted by atomic mass is 10.0. The predicted octanol–water partition coefficient (Wildman–Crippen LogP) is 3.26. The second kappa shape index (κ2) is 7.09. The molecule has 4 heteroatoms. The summed E-state index contributed by atoms with van der Waals surface area (Å²) >= 11 is 0. The van der Waals surface area contributed by atoms with Gasteiger partial charge < -0.3 is 14.8 Å². The van der Waals surface area contributed by atoms with Crippen LogP contribution in [0, 0.1) is 0 Å². The number of nitrogens with zero attached hydrogens (tertiary/aromatic N) is 1. The summed E-state index contributed by atoms with van der Waals surface area (Å²) < 4.78 is 10.8. The molecule has 1 N–H and O–H groups in total. The first-order valence-electron chi connectivity index (χ1n) is 7.04. The van der Waals surface area contributed by atoms with Crippen molar-refractivity contribution in [3.8, 4) is 22.6 Å². The first-order valence-corrected chi connectivity index (χ1v) is 7.04. The standard InChI is InChI=1S/C17H22N2O2/c1-12(2)19-10-13-8-14(11-18-9-13)15-6-5-7-16(20-3)17(15)21-4/h5-9,11-12,19H,10H2,1-4H3. The molecule has 0 saturated heterocycles. The number of para-hydroxylation sites is 1. The Morgan fingerprint density at radius 2 is 1.95 bits per heavy atom. The predicted molar refractivity (Wildman–Crippen MR) is 84.8 cm³/mol. The third-order valence-corrected chi connectivity index (χ3v) is 3.22. The van der Waals surface area contributed by atoms with Gasteiger partial charge in [-0.05, 0) is 17.7 Å². The summed E-state index contributed by atoms with van der Waals surface area (Å²) in [5.41, 5.74) is 3.15. The minimum atomic E-state index is 0.444. The number of methoxy groups -OCH3 is 2. The van der Waals surface area contributed by atoms with E-state index in [4.69, 9.17) is 9.47 Å². The van der Waals surface area contributed by atoms with Gasteiger partial charge in [-0.3, -0.25) is 4.98 Å². The molecular weight excluding hydrogens is 264 g/mol. The monoisotopic (exact) mass is 286 g/mol. The molecule has 0 aliphatic carbocycles. The topological polar surface area (TPSA) is 43.4 Å². The molecule has 21 heavy (non-hydrogen) atoms. The Morgan fingerprint density at radius 3 is 2.62 bits per heavy atom. The minimum absolute atomic E-state index is 0.444. The number of nitrogens with one attached hydrogen (secondary N) is 1. The highest BCUT2D eigenvalue weighted by atomic mass is 16.5. The van der Waals surface area contributed by atoms with Crippen LogP contribution < -0.4 is 14.8 Å². The smallest absolute Gasteiger partial charge is 0.168 e. The van der Waals surface area contributed by atoms with Crippen molar-refractivity contribution in [1.29, 1.82) is 0 Å². The molecule has 0 fully saturated rings. The van der Waals surface area contributed by atoms with E-state index in [0.717, 1.165) is 34.7 Å². The van der Waals surface area contributed by atoms with Crippen molar-refractivity contribution in [2.45, 2.75) is 26.4 Å². The summed E-state index contributed by atoms with van der Waals surface area (Å²) in [7, 11) is 3.29. The van der Waals surface area contributed by atoms with Gasteiger partial charge in [0.25, 0.3) is 0 Å². The van der Waals surface area contributed by atoms with Gasteiger partial charge in [0, 0.05) is 36.1 Å². The Balaban J connectivity index is 2.36. The number of hydrogen-bond donors (Lipinski definition) is 1. The Morgan fingerprint density at radius 1 is 1.14 bits per heavy atom. The van der Waals surface area contributed by atoms with Crippen LogP contribution in [0.3, 0.4) is 0 Å². The maximum absolute atomic E-state index is 5.49. The van der Waals surface area contributed by atoms with Crippen LogP contribution in [0.1, 0.15) is 19.4 Å². The van der Waals surface area contributed by atoms with Gasteiger partial charge in [0.15, 0.2) is 11.5 Å². The van der Waals surface area contributed by atoms with Crippen LogP contribution in [0.25, 0.3) is 11.1 Å².